The zero-order chi connectivity index (χ0) is 39.1. The maximum atomic E-state index is 12.9. The third kappa shape index (κ3) is 9.63. The first-order valence-corrected chi connectivity index (χ1v) is 19.2. The van der Waals surface area contributed by atoms with Crippen LogP contribution in [-0.4, -0.2) is 36.2 Å². The van der Waals surface area contributed by atoms with Crippen LogP contribution in [0.4, 0.5) is 9.59 Å². The minimum atomic E-state index is -0.427. The molecule has 1 heterocycles. The van der Waals surface area contributed by atoms with Gasteiger partial charge in [-0.05, 0) is 53.1 Å². The molecule has 6 aromatic carbocycles. The van der Waals surface area contributed by atoms with E-state index >= 15 is 0 Å². The van der Waals surface area contributed by atoms with Gasteiger partial charge in [-0.1, -0.05) is 188 Å². The van der Waals surface area contributed by atoms with Crippen molar-refractivity contribution in [2.45, 2.75) is 49.9 Å². The van der Waals surface area contributed by atoms with Crippen molar-refractivity contribution in [1.29, 1.82) is 0 Å². The van der Waals surface area contributed by atoms with Crippen molar-refractivity contribution in [3.63, 3.8) is 0 Å². The SMILES string of the molecule is C=CCC(CNC(=O)OCc1ccccc1)(c1ccccc1)c1ccccc1.CC1CC(c2ccccc2)(c2ccccc2)CN1C(=O)OCc1ccccc1. The summed E-state index contributed by atoms with van der Waals surface area (Å²) in [4.78, 5) is 27.1. The van der Waals surface area contributed by atoms with Gasteiger partial charge < -0.3 is 19.7 Å². The number of nitrogens with zero attached hydrogens (tertiary/aromatic N) is 1. The maximum absolute atomic E-state index is 12.9. The van der Waals surface area contributed by atoms with Gasteiger partial charge in [0, 0.05) is 30.0 Å². The Morgan fingerprint density at radius 2 is 1.07 bits per heavy atom. The molecule has 6 nitrogen and oxygen atoms in total. The Labute approximate surface area is 331 Å². The lowest BCUT2D eigenvalue weighted by atomic mass is 9.72. The van der Waals surface area contributed by atoms with Crippen molar-refractivity contribution >= 4 is 12.2 Å². The number of ether oxygens (including phenoxy) is 2. The summed E-state index contributed by atoms with van der Waals surface area (Å²) >= 11 is 0. The molecular weight excluding hydrogens is 693 g/mol. The molecule has 0 radical (unpaired) electrons. The number of allylic oxidation sites excluding steroid dienone is 1. The second kappa shape index (κ2) is 19.3. The molecule has 1 unspecified atom stereocenters. The highest BCUT2D eigenvalue weighted by Gasteiger charge is 2.47. The van der Waals surface area contributed by atoms with Crippen LogP contribution in [0, 0.1) is 0 Å². The van der Waals surface area contributed by atoms with E-state index in [1.807, 2.05) is 120 Å². The van der Waals surface area contributed by atoms with Crippen molar-refractivity contribution in [3.8, 4) is 0 Å². The summed E-state index contributed by atoms with van der Waals surface area (Å²) < 4.78 is 11.0. The molecule has 0 spiro atoms. The Kier molecular flexibility index (Phi) is 13.5. The summed E-state index contributed by atoms with van der Waals surface area (Å²) in [5, 5.41) is 2.97. The predicted molar refractivity (Wildman–Crippen MR) is 224 cm³/mol. The van der Waals surface area contributed by atoms with Gasteiger partial charge in [0.15, 0.2) is 0 Å². The Morgan fingerprint density at radius 1 is 0.661 bits per heavy atom. The van der Waals surface area contributed by atoms with E-state index in [0.717, 1.165) is 28.7 Å². The number of rotatable bonds is 12. The molecule has 1 N–H and O–H groups in total. The lowest BCUT2D eigenvalue weighted by Gasteiger charge is -2.34. The number of amides is 2. The average molecular weight is 743 g/mol. The molecule has 284 valence electrons. The average Bonchev–Trinajstić information content (AvgIpc) is 3.64. The maximum Gasteiger partial charge on any atom is 0.410 e. The van der Waals surface area contributed by atoms with Crippen LogP contribution < -0.4 is 5.32 Å². The zero-order valence-electron chi connectivity index (χ0n) is 32.0. The van der Waals surface area contributed by atoms with Crippen LogP contribution in [0.25, 0.3) is 0 Å². The molecule has 56 heavy (non-hydrogen) atoms. The number of carbonyl (C=O) groups is 2. The third-order valence-corrected chi connectivity index (χ3v) is 10.6. The standard InChI is InChI=1S/2C25H25NO2/c1-20-17-25(22-13-7-3-8-14-22,23-15-9-4-10-16-23)19-26(20)24(27)28-18-21-11-5-2-6-12-21;1-2-18-25(22-14-8-4-9-15-22,23-16-10-5-11-17-23)20-26-24(27)28-19-21-12-6-3-7-13-21/h2-16,20H,17-19H2,1H3;2-17H,1,18-20H2,(H,26,27). The van der Waals surface area contributed by atoms with E-state index in [2.05, 4.69) is 91.6 Å². The van der Waals surface area contributed by atoms with E-state index < -0.39 is 11.5 Å². The van der Waals surface area contributed by atoms with Crippen LogP contribution in [0.15, 0.2) is 195 Å². The molecule has 6 heteroatoms. The van der Waals surface area contributed by atoms with E-state index in [1.54, 1.807) is 0 Å². The summed E-state index contributed by atoms with van der Waals surface area (Å²) in [6.45, 7) is 7.65. The van der Waals surface area contributed by atoms with Crippen molar-refractivity contribution in [2.75, 3.05) is 13.1 Å². The molecule has 1 atom stereocenters. The second-order valence-electron chi connectivity index (χ2n) is 14.3. The molecule has 1 aliphatic rings. The van der Waals surface area contributed by atoms with Gasteiger partial charge in [0.25, 0.3) is 0 Å². The quantitative estimate of drug-likeness (QED) is 0.127. The molecule has 2 amide bonds. The molecule has 6 aromatic rings. The number of carbonyl (C=O) groups excluding carboxylic acids is 2. The van der Waals surface area contributed by atoms with Crippen LogP contribution in [0.5, 0.6) is 0 Å². The van der Waals surface area contributed by atoms with Crippen LogP contribution in [0.1, 0.15) is 53.1 Å². The molecule has 0 bridgehead atoms. The van der Waals surface area contributed by atoms with Gasteiger partial charge in [-0.3, -0.25) is 0 Å². The van der Waals surface area contributed by atoms with E-state index in [0.29, 0.717) is 26.1 Å². The summed E-state index contributed by atoms with van der Waals surface area (Å²) in [5.74, 6) is 0. The van der Waals surface area contributed by atoms with Gasteiger partial charge in [0.05, 0.1) is 0 Å². The molecule has 7 rings (SSSR count). The van der Waals surface area contributed by atoms with Crippen molar-refractivity contribution in [3.05, 3.63) is 228 Å². The summed E-state index contributed by atoms with van der Waals surface area (Å²) in [7, 11) is 0. The summed E-state index contributed by atoms with van der Waals surface area (Å²) in [6.07, 6.45) is 2.80. The molecule has 0 aliphatic carbocycles. The Balaban J connectivity index is 0.000000190. The van der Waals surface area contributed by atoms with Crippen molar-refractivity contribution in [2.24, 2.45) is 0 Å². The Morgan fingerprint density at radius 3 is 1.52 bits per heavy atom. The van der Waals surface area contributed by atoms with Crippen LogP contribution in [0.3, 0.4) is 0 Å². The fourth-order valence-electron chi connectivity index (χ4n) is 7.71. The second-order valence-corrected chi connectivity index (χ2v) is 14.3. The lowest BCUT2D eigenvalue weighted by molar-refractivity contribution is 0.0934. The smallest absolute Gasteiger partial charge is 0.410 e. The molecule has 1 aliphatic heterocycles. The topological polar surface area (TPSA) is 67.9 Å². The van der Waals surface area contributed by atoms with Gasteiger partial charge in [0.1, 0.15) is 13.2 Å². The minimum Gasteiger partial charge on any atom is -0.445 e. The largest absolute Gasteiger partial charge is 0.445 e. The van der Waals surface area contributed by atoms with Gasteiger partial charge in [-0.2, -0.15) is 0 Å². The molecule has 0 aromatic heterocycles. The van der Waals surface area contributed by atoms with Crippen LogP contribution in [-0.2, 0) is 33.5 Å². The van der Waals surface area contributed by atoms with Crippen LogP contribution >= 0.6 is 0 Å². The van der Waals surface area contributed by atoms with E-state index in [9.17, 15) is 9.59 Å². The number of alkyl carbamates (subject to hydrolysis) is 1. The molecule has 1 saturated heterocycles. The Bertz CT molecular complexity index is 2020. The first-order valence-electron chi connectivity index (χ1n) is 19.2. The first kappa shape index (κ1) is 39.3. The number of nitrogens with one attached hydrogen (secondary N) is 1. The number of likely N-dealkylation sites (tertiary alicyclic amines) is 1. The molecule has 0 saturated carbocycles. The molecular formula is C50H50N2O4. The summed E-state index contributed by atoms with van der Waals surface area (Å²) in [5.41, 5.74) is 6.08. The Hall–Kier alpha value is -6.40. The van der Waals surface area contributed by atoms with Gasteiger partial charge in [0.2, 0.25) is 0 Å². The monoisotopic (exact) mass is 742 g/mol. The normalized spacial score (nSPS) is 14.4. The highest BCUT2D eigenvalue weighted by molar-refractivity contribution is 5.70. The van der Waals surface area contributed by atoms with E-state index in [-0.39, 0.29) is 24.2 Å². The zero-order valence-corrected chi connectivity index (χ0v) is 32.0. The number of hydrogen-bond acceptors (Lipinski definition) is 4. The fraction of sp³-hybridized carbons (Fsp3) is 0.200. The van der Waals surface area contributed by atoms with Gasteiger partial charge >= 0.3 is 12.2 Å². The predicted octanol–water partition coefficient (Wildman–Crippen LogP) is 10.9. The van der Waals surface area contributed by atoms with E-state index in [1.165, 1.54) is 11.1 Å². The first-order chi connectivity index (χ1) is 27.4. The van der Waals surface area contributed by atoms with E-state index in [4.69, 9.17) is 9.47 Å². The highest BCUT2D eigenvalue weighted by Crippen LogP contribution is 2.44. The van der Waals surface area contributed by atoms with Gasteiger partial charge in [-0.15, -0.1) is 6.58 Å². The van der Waals surface area contributed by atoms with Crippen molar-refractivity contribution < 1.29 is 19.1 Å². The highest BCUT2D eigenvalue weighted by atomic mass is 16.6. The van der Waals surface area contributed by atoms with Crippen molar-refractivity contribution in [1.82, 2.24) is 10.2 Å². The third-order valence-electron chi connectivity index (χ3n) is 10.6. The number of hydrogen-bond donors (Lipinski definition) is 1. The van der Waals surface area contributed by atoms with Gasteiger partial charge in [-0.25, -0.2) is 9.59 Å². The van der Waals surface area contributed by atoms with Crippen LogP contribution in [0.2, 0.25) is 0 Å². The summed E-state index contributed by atoms with van der Waals surface area (Å²) in [6, 6.07) is 61.0. The lowest BCUT2D eigenvalue weighted by Crippen LogP contribution is -2.41. The number of benzene rings is 6. The fourth-order valence-corrected chi connectivity index (χ4v) is 7.71. The minimum absolute atomic E-state index is 0.101. The molecule has 1 fully saturated rings.